The van der Waals surface area contributed by atoms with Crippen molar-refractivity contribution in [2.75, 3.05) is 11.6 Å². The summed E-state index contributed by atoms with van der Waals surface area (Å²) in [6, 6.07) is 12.9. The first-order valence-electron chi connectivity index (χ1n) is 12.2. The van der Waals surface area contributed by atoms with Crippen molar-refractivity contribution in [1.82, 2.24) is 13.5 Å². The zero-order chi connectivity index (χ0) is 29.7. The minimum absolute atomic E-state index is 0.0107. The summed E-state index contributed by atoms with van der Waals surface area (Å²) in [4.78, 5) is 17.1. The van der Waals surface area contributed by atoms with Crippen LogP contribution in [0.3, 0.4) is 0 Å². The van der Waals surface area contributed by atoms with Crippen molar-refractivity contribution in [2.45, 2.75) is 17.6 Å². The van der Waals surface area contributed by atoms with Gasteiger partial charge in [-0.15, -0.1) is 0 Å². The summed E-state index contributed by atoms with van der Waals surface area (Å²) in [6.07, 6.45) is 4.67. The van der Waals surface area contributed by atoms with Gasteiger partial charge >= 0.3 is 0 Å². The molecule has 41 heavy (non-hydrogen) atoms. The van der Waals surface area contributed by atoms with Crippen molar-refractivity contribution >= 4 is 42.3 Å². The van der Waals surface area contributed by atoms with Gasteiger partial charge in [-0.05, 0) is 42.8 Å². The van der Waals surface area contributed by atoms with Gasteiger partial charge in [-0.25, -0.2) is 34.6 Å². The molecule has 3 aromatic heterocycles. The number of benzene rings is 2. The van der Waals surface area contributed by atoms with Crippen LogP contribution in [0.2, 0.25) is 0 Å². The van der Waals surface area contributed by atoms with Crippen LogP contribution >= 0.6 is 0 Å². The summed E-state index contributed by atoms with van der Waals surface area (Å²) in [6.45, 7) is 1.82. The maximum Gasteiger partial charge on any atom is 0.275 e. The molecule has 0 saturated heterocycles. The second kappa shape index (κ2) is 10.2. The fraction of sp³-hybridized carbons (Fsp3) is 0.143. The lowest BCUT2D eigenvalue weighted by molar-refractivity contribution is 0.576. The van der Waals surface area contributed by atoms with Crippen LogP contribution in [0.4, 0.5) is 20.3 Å². The first kappa shape index (κ1) is 28.2. The number of anilines is 2. The van der Waals surface area contributed by atoms with E-state index >= 15 is 0 Å². The van der Waals surface area contributed by atoms with Crippen molar-refractivity contribution in [2.24, 2.45) is 7.05 Å². The van der Waals surface area contributed by atoms with E-state index in [1.807, 2.05) is 6.92 Å². The molecule has 0 radical (unpaired) electrons. The standard InChI is InChI=1S/C28H24F2N4O5S2/c1-17-4-7-20(8-5-17)41(38,39)34-11-10-21-23(15-33(2)28(35)26(21)34)22-12-18(16-40(3,36)37)6-9-25(22)32-27-24(30)13-19(29)14-31-27/h4-15H,16H2,1-3H3,(H,31,32). The molecule has 0 bridgehead atoms. The van der Waals surface area contributed by atoms with Crippen LogP contribution in [0.5, 0.6) is 0 Å². The van der Waals surface area contributed by atoms with Crippen molar-refractivity contribution in [1.29, 1.82) is 0 Å². The van der Waals surface area contributed by atoms with Gasteiger partial charge in [-0.3, -0.25) is 4.79 Å². The minimum Gasteiger partial charge on any atom is -0.337 e. The number of sulfone groups is 1. The Morgan fingerprint density at radius 1 is 0.951 bits per heavy atom. The van der Waals surface area contributed by atoms with Gasteiger partial charge in [0.1, 0.15) is 11.3 Å². The monoisotopic (exact) mass is 598 g/mol. The maximum atomic E-state index is 14.5. The van der Waals surface area contributed by atoms with Crippen molar-refractivity contribution in [3.05, 3.63) is 106 Å². The Morgan fingerprint density at radius 2 is 1.66 bits per heavy atom. The van der Waals surface area contributed by atoms with E-state index in [9.17, 15) is 30.4 Å². The highest BCUT2D eigenvalue weighted by Gasteiger charge is 2.24. The number of aryl methyl sites for hydroxylation is 2. The molecule has 0 aliphatic rings. The van der Waals surface area contributed by atoms with Crippen molar-refractivity contribution < 1.29 is 25.6 Å². The number of nitrogens with zero attached hydrogens (tertiary/aromatic N) is 3. The van der Waals surface area contributed by atoms with Gasteiger partial charge in [0, 0.05) is 54.0 Å². The van der Waals surface area contributed by atoms with Gasteiger partial charge in [0.05, 0.1) is 16.8 Å². The lowest BCUT2D eigenvalue weighted by Crippen LogP contribution is -2.22. The molecular weight excluding hydrogens is 574 g/mol. The third-order valence-corrected chi connectivity index (χ3v) is 8.98. The van der Waals surface area contributed by atoms with Gasteiger partial charge in [-0.2, -0.15) is 0 Å². The Kier molecular flexibility index (Phi) is 7.03. The quantitative estimate of drug-likeness (QED) is 0.293. The highest BCUT2D eigenvalue weighted by molar-refractivity contribution is 7.90. The molecule has 2 aromatic carbocycles. The van der Waals surface area contributed by atoms with E-state index in [2.05, 4.69) is 10.3 Å². The Labute approximate surface area is 234 Å². The number of rotatable bonds is 7. The second-order valence-electron chi connectivity index (χ2n) is 9.71. The molecule has 3 heterocycles. The predicted molar refractivity (Wildman–Crippen MR) is 152 cm³/mol. The van der Waals surface area contributed by atoms with Crippen LogP contribution < -0.4 is 10.9 Å². The van der Waals surface area contributed by atoms with Gasteiger partial charge in [-0.1, -0.05) is 23.8 Å². The van der Waals surface area contributed by atoms with E-state index in [0.717, 1.165) is 22.0 Å². The number of nitrogens with one attached hydrogen (secondary N) is 1. The highest BCUT2D eigenvalue weighted by atomic mass is 32.2. The van der Waals surface area contributed by atoms with E-state index in [1.54, 1.807) is 18.2 Å². The van der Waals surface area contributed by atoms with Gasteiger partial charge in [0.15, 0.2) is 21.5 Å². The highest BCUT2D eigenvalue weighted by Crippen LogP contribution is 2.36. The van der Waals surface area contributed by atoms with E-state index < -0.39 is 37.1 Å². The number of halogens is 2. The molecule has 1 N–H and O–H groups in total. The molecule has 212 valence electrons. The molecule has 0 aliphatic carbocycles. The van der Waals surface area contributed by atoms with Crippen LogP contribution in [-0.4, -0.2) is 36.6 Å². The minimum atomic E-state index is -4.16. The molecule has 0 aliphatic heterocycles. The topological polar surface area (TPSA) is 120 Å². The Bertz CT molecular complexity index is 2100. The summed E-state index contributed by atoms with van der Waals surface area (Å²) in [5.74, 6) is -2.42. The summed E-state index contributed by atoms with van der Waals surface area (Å²) in [5.41, 5.74) is 1.50. The van der Waals surface area contributed by atoms with Gasteiger partial charge in [0.25, 0.3) is 15.6 Å². The first-order chi connectivity index (χ1) is 19.2. The zero-order valence-corrected chi connectivity index (χ0v) is 23.7. The summed E-state index contributed by atoms with van der Waals surface area (Å²) >= 11 is 0. The number of fused-ring (bicyclic) bond motifs is 1. The van der Waals surface area contributed by atoms with Crippen LogP contribution in [0.1, 0.15) is 11.1 Å². The smallest absolute Gasteiger partial charge is 0.275 e. The average Bonchev–Trinajstić information content (AvgIpc) is 3.35. The molecule has 0 spiro atoms. The average molecular weight is 599 g/mol. The van der Waals surface area contributed by atoms with Crippen LogP contribution in [-0.2, 0) is 32.7 Å². The van der Waals surface area contributed by atoms with Gasteiger partial charge in [0.2, 0.25) is 0 Å². The zero-order valence-electron chi connectivity index (χ0n) is 22.1. The molecule has 13 heteroatoms. The van der Waals surface area contributed by atoms with E-state index in [1.165, 1.54) is 54.3 Å². The normalized spacial score (nSPS) is 12.1. The molecule has 5 aromatic rings. The molecular formula is C28H24F2N4O5S2. The Morgan fingerprint density at radius 3 is 2.32 bits per heavy atom. The fourth-order valence-corrected chi connectivity index (χ4v) is 6.65. The number of pyridine rings is 2. The van der Waals surface area contributed by atoms with Crippen LogP contribution in [0, 0.1) is 18.6 Å². The van der Waals surface area contributed by atoms with E-state index in [4.69, 9.17) is 0 Å². The number of hydrogen-bond acceptors (Lipinski definition) is 7. The van der Waals surface area contributed by atoms with Crippen molar-refractivity contribution in [3.63, 3.8) is 0 Å². The molecule has 0 saturated carbocycles. The molecule has 0 fully saturated rings. The van der Waals surface area contributed by atoms with Crippen LogP contribution in [0.15, 0.2) is 82.9 Å². The number of hydrogen-bond donors (Lipinski definition) is 1. The summed E-state index contributed by atoms with van der Waals surface area (Å²) in [5, 5.41) is 3.07. The lowest BCUT2D eigenvalue weighted by atomic mass is 9.99. The van der Waals surface area contributed by atoms with E-state index in [0.29, 0.717) is 22.8 Å². The predicted octanol–water partition coefficient (Wildman–Crippen LogP) is 4.51. The first-order valence-corrected chi connectivity index (χ1v) is 15.7. The molecule has 5 rings (SSSR count). The second-order valence-corrected chi connectivity index (χ2v) is 13.7. The Hall–Kier alpha value is -4.36. The maximum absolute atomic E-state index is 14.5. The molecule has 9 nitrogen and oxygen atoms in total. The summed E-state index contributed by atoms with van der Waals surface area (Å²) in [7, 11) is -6.15. The number of aromatic nitrogens is 3. The summed E-state index contributed by atoms with van der Waals surface area (Å²) < 4.78 is 81.3. The van der Waals surface area contributed by atoms with Crippen LogP contribution in [0.25, 0.3) is 22.0 Å². The fourth-order valence-electron chi connectivity index (χ4n) is 4.52. The molecule has 0 amide bonds. The molecule has 0 atom stereocenters. The third kappa shape index (κ3) is 5.50. The van der Waals surface area contributed by atoms with E-state index in [-0.39, 0.29) is 33.1 Å². The van der Waals surface area contributed by atoms with Crippen molar-refractivity contribution in [3.8, 4) is 11.1 Å². The third-order valence-electron chi connectivity index (χ3n) is 6.43. The largest absolute Gasteiger partial charge is 0.337 e. The van der Waals surface area contributed by atoms with Gasteiger partial charge < -0.3 is 9.88 Å². The SMILES string of the molecule is Cc1ccc(S(=O)(=O)n2ccc3c(-c4cc(CS(C)(=O)=O)ccc4Nc4ncc(F)cc4F)cn(C)c(=O)c32)cc1. The lowest BCUT2D eigenvalue weighted by Gasteiger charge is -2.16. The Balaban J connectivity index is 1.76. The molecule has 0 unspecified atom stereocenters.